The zero-order valence-corrected chi connectivity index (χ0v) is 13.8. The number of anilines is 1. The molecule has 24 heavy (non-hydrogen) atoms. The topological polar surface area (TPSA) is 64.6 Å². The third kappa shape index (κ3) is 4.45. The molecule has 0 spiro atoms. The Morgan fingerprint density at radius 1 is 1.21 bits per heavy atom. The van der Waals surface area contributed by atoms with Crippen LogP contribution in [-0.4, -0.2) is 25.6 Å². The third-order valence-electron chi connectivity index (χ3n) is 3.19. The molecule has 0 saturated heterocycles. The van der Waals surface area contributed by atoms with Crippen molar-refractivity contribution < 1.29 is 23.5 Å². The molecule has 0 unspecified atom stereocenters. The molecule has 0 aliphatic carbocycles. The average Bonchev–Trinajstić information content (AvgIpc) is 2.57. The van der Waals surface area contributed by atoms with E-state index >= 15 is 0 Å². The van der Waals surface area contributed by atoms with E-state index in [9.17, 15) is 14.0 Å². The van der Waals surface area contributed by atoms with Crippen LogP contribution in [0.15, 0.2) is 36.4 Å². The van der Waals surface area contributed by atoms with Crippen LogP contribution in [0.5, 0.6) is 5.75 Å². The molecule has 1 amide bonds. The van der Waals surface area contributed by atoms with Crippen LogP contribution < -0.4 is 10.1 Å². The van der Waals surface area contributed by atoms with E-state index < -0.39 is 17.7 Å². The molecule has 0 aromatic heterocycles. The quantitative estimate of drug-likeness (QED) is 0.836. The van der Waals surface area contributed by atoms with E-state index in [1.165, 1.54) is 25.3 Å². The van der Waals surface area contributed by atoms with Gasteiger partial charge in [-0.1, -0.05) is 17.7 Å². The van der Waals surface area contributed by atoms with Crippen LogP contribution in [0.4, 0.5) is 10.1 Å². The first-order chi connectivity index (χ1) is 11.4. The van der Waals surface area contributed by atoms with Crippen LogP contribution in [0.25, 0.3) is 0 Å². The molecule has 0 fully saturated rings. The summed E-state index contributed by atoms with van der Waals surface area (Å²) in [5.74, 6) is -1.22. The first kappa shape index (κ1) is 17.7. The van der Waals surface area contributed by atoms with Crippen LogP contribution in [0.1, 0.15) is 15.9 Å². The maximum atomic E-state index is 13.1. The van der Waals surface area contributed by atoms with E-state index in [0.717, 1.165) is 11.6 Å². The zero-order chi connectivity index (χ0) is 17.7. The molecular weight excluding hydrogens is 337 g/mol. The van der Waals surface area contributed by atoms with Crippen LogP contribution in [-0.2, 0) is 9.53 Å². The second-order valence-corrected chi connectivity index (χ2v) is 5.34. The van der Waals surface area contributed by atoms with Gasteiger partial charge in [0.25, 0.3) is 5.91 Å². The van der Waals surface area contributed by atoms with Crippen LogP contribution in [0, 0.1) is 12.7 Å². The minimum Gasteiger partial charge on any atom is -0.484 e. The van der Waals surface area contributed by atoms with E-state index in [1.54, 1.807) is 19.1 Å². The molecule has 0 aliphatic rings. The monoisotopic (exact) mass is 351 g/mol. The summed E-state index contributed by atoms with van der Waals surface area (Å²) in [6.45, 7) is 1.50. The molecule has 0 aliphatic heterocycles. The minimum atomic E-state index is -0.566. The zero-order valence-electron chi connectivity index (χ0n) is 13.1. The van der Waals surface area contributed by atoms with Gasteiger partial charge in [0.2, 0.25) is 0 Å². The van der Waals surface area contributed by atoms with E-state index in [-0.39, 0.29) is 17.4 Å². The Kier molecular flexibility index (Phi) is 5.76. The third-order valence-corrected chi connectivity index (χ3v) is 3.48. The van der Waals surface area contributed by atoms with Crippen LogP contribution in [0.3, 0.4) is 0 Å². The van der Waals surface area contributed by atoms with Gasteiger partial charge in [-0.3, -0.25) is 4.79 Å². The molecule has 1 N–H and O–H groups in total. The van der Waals surface area contributed by atoms with E-state index in [0.29, 0.717) is 11.3 Å². The smallest absolute Gasteiger partial charge is 0.337 e. The number of carbonyl (C=O) groups is 2. The number of hydrogen-bond acceptors (Lipinski definition) is 4. The maximum absolute atomic E-state index is 13.1. The van der Waals surface area contributed by atoms with Gasteiger partial charge < -0.3 is 14.8 Å². The highest BCUT2D eigenvalue weighted by Gasteiger charge is 2.11. The highest BCUT2D eigenvalue weighted by molar-refractivity contribution is 6.30. The number of amides is 1. The standard InChI is InChI=1S/C17H15ClFNO4/c1-10-3-4-11(17(22)23-2)7-15(10)20-16(21)9-24-12-5-6-14(19)13(18)8-12/h3-8H,9H2,1-2H3,(H,20,21). The van der Waals surface area contributed by atoms with Gasteiger partial charge in [-0.25, -0.2) is 9.18 Å². The summed E-state index contributed by atoms with van der Waals surface area (Å²) in [6, 6.07) is 8.63. The van der Waals surface area contributed by atoms with Crippen molar-refractivity contribution in [2.45, 2.75) is 6.92 Å². The number of rotatable bonds is 5. The van der Waals surface area contributed by atoms with Crippen LogP contribution in [0.2, 0.25) is 5.02 Å². The summed E-state index contributed by atoms with van der Waals surface area (Å²) in [5.41, 5.74) is 1.58. The Balaban J connectivity index is 2.01. The number of aryl methyl sites for hydroxylation is 1. The molecule has 126 valence electrons. The number of esters is 1. The number of nitrogens with one attached hydrogen (secondary N) is 1. The van der Waals surface area contributed by atoms with Crippen LogP contribution >= 0.6 is 11.6 Å². The molecule has 7 heteroatoms. The Labute approximate surface area is 143 Å². The van der Waals surface area contributed by atoms with Gasteiger partial charge in [0, 0.05) is 11.8 Å². The summed E-state index contributed by atoms with van der Waals surface area (Å²) in [6.07, 6.45) is 0. The van der Waals surface area contributed by atoms with Gasteiger partial charge in [0.1, 0.15) is 11.6 Å². The van der Waals surface area contributed by atoms with Gasteiger partial charge in [-0.05, 0) is 36.8 Å². The lowest BCUT2D eigenvalue weighted by Gasteiger charge is -2.11. The predicted molar refractivity (Wildman–Crippen MR) is 88.1 cm³/mol. The first-order valence-corrected chi connectivity index (χ1v) is 7.35. The average molecular weight is 352 g/mol. The molecular formula is C17H15ClFNO4. The number of carbonyl (C=O) groups excluding carboxylic acids is 2. The molecule has 0 bridgehead atoms. The lowest BCUT2D eigenvalue weighted by molar-refractivity contribution is -0.118. The predicted octanol–water partition coefficient (Wildman–Crippen LogP) is 3.59. The highest BCUT2D eigenvalue weighted by atomic mass is 35.5. The number of hydrogen-bond donors (Lipinski definition) is 1. The van der Waals surface area contributed by atoms with Crippen molar-refractivity contribution in [1.82, 2.24) is 0 Å². The fourth-order valence-corrected chi connectivity index (χ4v) is 2.07. The normalized spacial score (nSPS) is 10.2. The van der Waals surface area contributed by atoms with Gasteiger partial charge in [-0.15, -0.1) is 0 Å². The molecule has 0 saturated carbocycles. The minimum absolute atomic E-state index is 0.0884. The second-order valence-electron chi connectivity index (χ2n) is 4.93. The Hall–Kier alpha value is -2.60. The Morgan fingerprint density at radius 2 is 1.96 bits per heavy atom. The molecule has 2 aromatic carbocycles. The lowest BCUT2D eigenvalue weighted by Crippen LogP contribution is -2.21. The maximum Gasteiger partial charge on any atom is 0.337 e. The van der Waals surface area contributed by atoms with Crippen molar-refractivity contribution in [3.63, 3.8) is 0 Å². The van der Waals surface area contributed by atoms with Gasteiger partial charge >= 0.3 is 5.97 Å². The largest absolute Gasteiger partial charge is 0.484 e. The summed E-state index contributed by atoms with van der Waals surface area (Å²) in [4.78, 5) is 23.5. The summed E-state index contributed by atoms with van der Waals surface area (Å²) in [7, 11) is 1.28. The molecule has 0 atom stereocenters. The van der Waals surface area contributed by atoms with Crippen molar-refractivity contribution in [2.24, 2.45) is 0 Å². The van der Waals surface area contributed by atoms with Gasteiger partial charge in [-0.2, -0.15) is 0 Å². The lowest BCUT2D eigenvalue weighted by atomic mass is 10.1. The van der Waals surface area contributed by atoms with Gasteiger partial charge in [0.05, 0.1) is 17.7 Å². The van der Waals surface area contributed by atoms with Crippen molar-refractivity contribution in [3.8, 4) is 5.75 Å². The van der Waals surface area contributed by atoms with Crippen molar-refractivity contribution in [2.75, 3.05) is 19.0 Å². The van der Waals surface area contributed by atoms with E-state index in [4.69, 9.17) is 16.3 Å². The Bertz CT molecular complexity index is 779. The SMILES string of the molecule is COC(=O)c1ccc(C)c(NC(=O)COc2ccc(F)c(Cl)c2)c1. The van der Waals surface area contributed by atoms with Crippen molar-refractivity contribution >= 4 is 29.2 Å². The van der Waals surface area contributed by atoms with Gasteiger partial charge in [0.15, 0.2) is 6.61 Å². The van der Waals surface area contributed by atoms with E-state index in [1.807, 2.05) is 0 Å². The fourth-order valence-electron chi connectivity index (χ4n) is 1.90. The molecule has 2 aromatic rings. The number of halogens is 2. The molecule has 5 nitrogen and oxygen atoms in total. The first-order valence-electron chi connectivity index (χ1n) is 6.97. The number of benzene rings is 2. The molecule has 2 rings (SSSR count). The highest BCUT2D eigenvalue weighted by Crippen LogP contribution is 2.21. The van der Waals surface area contributed by atoms with E-state index in [2.05, 4.69) is 10.1 Å². The molecule has 0 radical (unpaired) electrons. The number of ether oxygens (including phenoxy) is 2. The number of methoxy groups -OCH3 is 1. The summed E-state index contributed by atoms with van der Waals surface area (Å²) >= 11 is 5.64. The second kappa shape index (κ2) is 7.79. The Morgan fingerprint density at radius 3 is 2.62 bits per heavy atom. The van der Waals surface area contributed by atoms with Crippen molar-refractivity contribution in [1.29, 1.82) is 0 Å². The summed E-state index contributed by atoms with van der Waals surface area (Å²) < 4.78 is 23.0. The van der Waals surface area contributed by atoms with Crippen molar-refractivity contribution in [3.05, 3.63) is 58.4 Å². The fraction of sp³-hybridized carbons (Fsp3) is 0.176. The molecule has 0 heterocycles. The summed E-state index contributed by atoms with van der Waals surface area (Å²) in [5, 5.41) is 2.56.